The highest BCUT2D eigenvalue weighted by molar-refractivity contribution is 7.00. The van der Waals surface area contributed by atoms with E-state index in [2.05, 4.69) is 259 Å². The Bertz CT molecular complexity index is 3710. The summed E-state index contributed by atoms with van der Waals surface area (Å²) < 4.78 is 0. The number of anilines is 9. The molecule has 10 aromatic carbocycles. The fourth-order valence-corrected chi connectivity index (χ4v) is 13.3. The zero-order valence-electron chi connectivity index (χ0n) is 37.9. The molecule has 1 spiro atoms. The summed E-state index contributed by atoms with van der Waals surface area (Å²) in [6.45, 7) is 4.75. The number of para-hydroxylation sites is 5. The van der Waals surface area contributed by atoms with Crippen LogP contribution in [-0.2, 0) is 10.8 Å². The van der Waals surface area contributed by atoms with Gasteiger partial charge in [-0.15, -0.1) is 0 Å². The summed E-state index contributed by atoms with van der Waals surface area (Å²) in [4.78, 5) is 7.55. The molecule has 3 aliphatic heterocycles. The minimum atomic E-state index is -0.573. The minimum Gasteiger partial charge on any atom is -0.311 e. The van der Waals surface area contributed by atoms with Crippen molar-refractivity contribution >= 4 is 74.3 Å². The molecular formula is C64H44BN3. The quantitative estimate of drug-likeness (QED) is 0.164. The molecule has 68 heavy (non-hydrogen) atoms. The van der Waals surface area contributed by atoms with Crippen molar-refractivity contribution in [1.29, 1.82) is 0 Å². The molecule has 0 aromatic heterocycles. The molecule has 10 aromatic rings. The third-order valence-corrected chi connectivity index (χ3v) is 16.0. The van der Waals surface area contributed by atoms with E-state index < -0.39 is 5.41 Å². The third kappa shape index (κ3) is 4.74. The molecule has 0 amide bonds. The van der Waals surface area contributed by atoms with Gasteiger partial charge in [0.2, 0.25) is 0 Å². The van der Waals surface area contributed by atoms with Gasteiger partial charge in [-0.1, -0.05) is 172 Å². The Balaban J connectivity index is 1.03. The zero-order chi connectivity index (χ0) is 44.9. The summed E-state index contributed by atoms with van der Waals surface area (Å²) in [7, 11) is 0. The van der Waals surface area contributed by atoms with Gasteiger partial charge in [-0.25, -0.2) is 0 Å². The van der Waals surface area contributed by atoms with Crippen molar-refractivity contribution < 1.29 is 0 Å². The standard InChI is InChI=1S/C64H44BN3/c1-63(2)50-28-13-16-31-56(50)68(57-32-17-14-29-51(57)63)43-36-37-46-44-24-9-11-26-48(44)64(52(46)38-43)49-27-12-10-25-45(49)47-39-55-61(40-53(47)64)67(42-22-7-4-8-23-42)60-35-19-34-59-62(60)65(55)54-30-15-18-33-58(54)66(59)41-20-5-3-6-21-41/h3-40H,1-2H3. The number of fused-ring (bicyclic) bond motifs is 16. The van der Waals surface area contributed by atoms with Gasteiger partial charge in [-0.05, 0) is 145 Å². The first-order valence-electron chi connectivity index (χ1n) is 24.0. The minimum absolute atomic E-state index is 0.0135. The van der Waals surface area contributed by atoms with Crippen molar-refractivity contribution in [2.24, 2.45) is 0 Å². The van der Waals surface area contributed by atoms with Crippen molar-refractivity contribution in [3.05, 3.63) is 264 Å². The Morgan fingerprint density at radius 3 is 1.38 bits per heavy atom. The van der Waals surface area contributed by atoms with Crippen LogP contribution in [0.15, 0.2) is 231 Å². The van der Waals surface area contributed by atoms with Crippen LogP contribution in [0.3, 0.4) is 0 Å². The van der Waals surface area contributed by atoms with E-state index in [1.807, 2.05) is 0 Å². The van der Waals surface area contributed by atoms with Crippen LogP contribution in [0.2, 0.25) is 0 Å². The van der Waals surface area contributed by atoms with Crippen LogP contribution < -0.4 is 31.1 Å². The molecule has 1 unspecified atom stereocenters. The molecule has 0 saturated heterocycles. The van der Waals surface area contributed by atoms with Crippen LogP contribution in [0.25, 0.3) is 22.3 Å². The number of benzene rings is 10. The molecule has 1 atom stereocenters. The summed E-state index contributed by atoms with van der Waals surface area (Å²) in [6, 6.07) is 86.9. The van der Waals surface area contributed by atoms with Crippen molar-refractivity contribution in [3.63, 3.8) is 0 Å². The van der Waals surface area contributed by atoms with E-state index in [0.717, 1.165) is 11.4 Å². The molecule has 4 heteroatoms. The van der Waals surface area contributed by atoms with Crippen molar-refractivity contribution in [2.45, 2.75) is 24.7 Å². The highest BCUT2D eigenvalue weighted by atomic mass is 15.2. The SMILES string of the molecule is CC1(C)c2ccccc2N(c2ccc3c(c2)C2(c4ccccc4-3)c3ccccc3-c3cc4c(cc32)N(c2ccccc2)c2cccc3c2B4c2ccccc2N3c2ccccc2)c2ccccc21. The lowest BCUT2D eigenvalue weighted by Crippen LogP contribution is -2.61. The number of nitrogens with zero attached hydrogens (tertiary/aromatic N) is 3. The monoisotopic (exact) mass is 865 g/mol. The largest absolute Gasteiger partial charge is 0.311 e. The maximum atomic E-state index is 2.60. The number of rotatable bonds is 3. The summed E-state index contributed by atoms with van der Waals surface area (Å²) in [5.41, 5.74) is 27.3. The smallest absolute Gasteiger partial charge is 0.252 e. The predicted octanol–water partition coefficient (Wildman–Crippen LogP) is 14.2. The van der Waals surface area contributed by atoms with Crippen molar-refractivity contribution in [1.82, 2.24) is 0 Å². The Hall–Kier alpha value is -8.34. The van der Waals surface area contributed by atoms with Gasteiger partial charge in [0.15, 0.2) is 0 Å². The van der Waals surface area contributed by atoms with Crippen LogP contribution in [-0.4, -0.2) is 6.71 Å². The maximum absolute atomic E-state index is 2.60. The molecule has 3 heterocycles. The van der Waals surface area contributed by atoms with Gasteiger partial charge in [0.1, 0.15) is 0 Å². The molecule has 318 valence electrons. The molecule has 0 fully saturated rings. The molecule has 0 N–H and O–H groups in total. The summed E-state index contributed by atoms with van der Waals surface area (Å²) >= 11 is 0. The van der Waals surface area contributed by atoms with E-state index in [0.29, 0.717) is 0 Å². The zero-order valence-corrected chi connectivity index (χ0v) is 37.9. The second-order valence-corrected chi connectivity index (χ2v) is 19.6. The van der Waals surface area contributed by atoms with E-state index in [1.165, 1.54) is 112 Å². The van der Waals surface area contributed by atoms with Gasteiger partial charge in [0.05, 0.1) is 16.8 Å². The second kappa shape index (κ2) is 13.6. The van der Waals surface area contributed by atoms with Gasteiger partial charge < -0.3 is 14.7 Å². The van der Waals surface area contributed by atoms with E-state index >= 15 is 0 Å². The van der Waals surface area contributed by atoms with Gasteiger partial charge in [0.25, 0.3) is 6.71 Å². The van der Waals surface area contributed by atoms with Gasteiger partial charge in [-0.3, -0.25) is 0 Å². The third-order valence-electron chi connectivity index (χ3n) is 16.0. The van der Waals surface area contributed by atoms with E-state index in [9.17, 15) is 0 Å². The van der Waals surface area contributed by atoms with E-state index in [-0.39, 0.29) is 12.1 Å². The lowest BCUT2D eigenvalue weighted by Gasteiger charge is -2.44. The fraction of sp³-hybridized carbons (Fsp3) is 0.0625. The Labute approximate surface area is 397 Å². The molecule has 5 aliphatic rings. The predicted molar refractivity (Wildman–Crippen MR) is 284 cm³/mol. The maximum Gasteiger partial charge on any atom is 0.252 e. The normalized spacial score (nSPS) is 16.7. The Morgan fingerprint density at radius 2 is 0.750 bits per heavy atom. The van der Waals surface area contributed by atoms with Crippen LogP contribution in [0.1, 0.15) is 47.2 Å². The van der Waals surface area contributed by atoms with Crippen molar-refractivity contribution in [2.75, 3.05) is 14.7 Å². The molecule has 0 radical (unpaired) electrons. The van der Waals surface area contributed by atoms with Gasteiger partial charge in [0, 0.05) is 45.2 Å². The fourth-order valence-electron chi connectivity index (χ4n) is 13.3. The highest BCUT2D eigenvalue weighted by Crippen LogP contribution is 2.64. The van der Waals surface area contributed by atoms with Crippen LogP contribution in [0.4, 0.5) is 51.2 Å². The lowest BCUT2D eigenvalue weighted by molar-refractivity contribution is 0.632. The topological polar surface area (TPSA) is 9.72 Å². The molecule has 3 nitrogen and oxygen atoms in total. The van der Waals surface area contributed by atoms with Gasteiger partial charge in [-0.2, -0.15) is 0 Å². The second-order valence-electron chi connectivity index (χ2n) is 19.6. The number of hydrogen-bond donors (Lipinski definition) is 0. The van der Waals surface area contributed by atoms with Gasteiger partial charge >= 0.3 is 0 Å². The Kier molecular flexibility index (Phi) is 7.58. The van der Waals surface area contributed by atoms with Crippen LogP contribution >= 0.6 is 0 Å². The summed E-state index contributed by atoms with van der Waals surface area (Å²) in [6.07, 6.45) is 0. The molecular weight excluding hydrogens is 822 g/mol. The van der Waals surface area contributed by atoms with E-state index in [1.54, 1.807) is 0 Å². The molecule has 15 rings (SSSR count). The van der Waals surface area contributed by atoms with Crippen LogP contribution in [0, 0.1) is 0 Å². The Morgan fingerprint density at radius 1 is 0.294 bits per heavy atom. The first-order chi connectivity index (χ1) is 33.5. The van der Waals surface area contributed by atoms with Crippen molar-refractivity contribution in [3.8, 4) is 22.3 Å². The number of hydrogen-bond acceptors (Lipinski definition) is 3. The molecule has 2 aliphatic carbocycles. The highest BCUT2D eigenvalue weighted by Gasteiger charge is 2.54. The lowest BCUT2D eigenvalue weighted by atomic mass is 9.33. The summed E-state index contributed by atoms with van der Waals surface area (Å²) in [5.74, 6) is 0. The first-order valence-corrected chi connectivity index (χ1v) is 24.0. The average Bonchev–Trinajstić information content (AvgIpc) is 3.85. The molecule has 0 saturated carbocycles. The molecule has 0 bridgehead atoms. The van der Waals surface area contributed by atoms with Crippen LogP contribution in [0.5, 0.6) is 0 Å². The van der Waals surface area contributed by atoms with E-state index in [4.69, 9.17) is 0 Å². The average molecular weight is 866 g/mol. The summed E-state index contributed by atoms with van der Waals surface area (Å²) in [5, 5.41) is 0. The first kappa shape index (κ1) is 37.8.